The molecule has 1 aromatic carbocycles. The average Bonchev–Trinajstić information content (AvgIpc) is 2.93. The number of rotatable bonds is 4. The first kappa shape index (κ1) is 12.2. The van der Waals surface area contributed by atoms with Gasteiger partial charge in [-0.2, -0.15) is 0 Å². The molecule has 0 saturated heterocycles. The van der Waals surface area contributed by atoms with Crippen molar-refractivity contribution >= 4 is 23.3 Å². The highest BCUT2D eigenvalue weighted by Crippen LogP contribution is 2.39. The van der Waals surface area contributed by atoms with Gasteiger partial charge in [0.15, 0.2) is 0 Å². The zero-order valence-electron chi connectivity index (χ0n) is 9.98. The van der Waals surface area contributed by atoms with Gasteiger partial charge in [-0.25, -0.2) is 4.79 Å². The van der Waals surface area contributed by atoms with E-state index in [1.54, 1.807) is 18.2 Å². The molecule has 0 aromatic heterocycles. The molecule has 0 radical (unpaired) electrons. The van der Waals surface area contributed by atoms with Crippen LogP contribution in [0.1, 0.15) is 23.7 Å². The van der Waals surface area contributed by atoms with E-state index in [4.69, 9.17) is 16.7 Å². The Balaban J connectivity index is 2.22. The number of carbonyl (C=O) groups is 1. The van der Waals surface area contributed by atoms with Gasteiger partial charge < -0.3 is 10.0 Å². The second-order valence-electron chi connectivity index (χ2n) is 4.82. The minimum atomic E-state index is -0.910. The van der Waals surface area contributed by atoms with Crippen LogP contribution in [0.3, 0.4) is 0 Å². The smallest absolute Gasteiger partial charge is 0.337 e. The van der Waals surface area contributed by atoms with Crippen LogP contribution in [0.2, 0.25) is 5.02 Å². The molecule has 1 aromatic rings. The highest BCUT2D eigenvalue weighted by atomic mass is 35.5. The molecule has 1 aliphatic rings. The number of nitrogens with zero attached hydrogens (tertiary/aromatic N) is 1. The summed E-state index contributed by atoms with van der Waals surface area (Å²) in [6.07, 6.45) is 1.23. The predicted molar refractivity (Wildman–Crippen MR) is 69.0 cm³/mol. The van der Waals surface area contributed by atoms with Gasteiger partial charge in [0.05, 0.1) is 11.3 Å². The van der Waals surface area contributed by atoms with Crippen molar-refractivity contribution in [2.45, 2.75) is 13.3 Å². The average molecular weight is 254 g/mol. The second-order valence-corrected chi connectivity index (χ2v) is 5.26. The van der Waals surface area contributed by atoms with Crippen molar-refractivity contribution in [3.05, 3.63) is 28.8 Å². The summed E-state index contributed by atoms with van der Waals surface area (Å²) >= 11 is 5.93. The number of benzene rings is 1. The number of hydrogen-bond acceptors (Lipinski definition) is 2. The van der Waals surface area contributed by atoms with Gasteiger partial charge in [0.25, 0.3) is 0 Å². The fourth-order valence-electron chi connectivity index (χ4n) is 2.11. The molecule has 0 amide bonds. The molecular formula is C13H16ClNO2. The minimum absolute atomic E-state index is 0.310. The molecule has 1 aliphatic carbocycles. The number of aromatic carboxylic acids is 1. The molecule has 2 atom stereocenters. The van der Waals surface area contributed by atoms with E-state index in [0.717, 1.165) is 12.5 Å². The summed E-state index contributed by atoms with van der Waals surface area (Å²) < 4.78 is 0. The largest absolute Gasteiger partial charge is 0.478 e. The van der Waals surface area contributed by atoms with Gasteiger partial charge in [-0.3, -0.25) is 0 Å². The lowest BCUT2D eigenvalue weighted by atomic mass is 10.1. The number of carboxylic acid groups (broad SMARTS) is 1. The van der Waals surface area contributed by atoms with Gasteiger partial charge in [0, 0.05) is 18.6 Å². The van der Waals surface area contributed by atoms with Crippen molar-refractivity contribution in [1.82, 2.24) is 0 Å². The molecule has 1 N–H and O–H groups in total. The Morgan fingerprint density at radius 2 is 2.24 bits per heavy atom. The normalized spacial score (nSPS) is 22.3. The number of anilines is 1. The van der Waals surface area contributed by atoms with E-state index >= 15 is 0 Å². The maximum atomic E-state index is 11.1. The summed E-state index contributed by atoms with van der Waals surface area (Å²) in [5, 5.41) is 9.71. The molecule has 0 spiro atoms. The lowest BCUT2D eigenvalue weighted by Gasteiger charge is -2.21. The molecule has 2 rings (SSSR count). The van der Waals surface area contributed by atoms with Crippen molar-refractivity contribution < 1.29 is 9.90 Å². The maximum absolute atomic E-state index is 11.1. The van der Waals surface area contributed by atoms with Crippen LogP contribution in [-0.2, 0) is 0 Å². The van der Waals surface area contributed by atoms with Gasteiger partial charge in [-0.15, -0.1) is 0 Å². The van der Waals surface area contributed by atoms with Crippen molar-refractivity contribution in [2.24, 2.45) is 11.8 Å². The highest BCUT2D eigenvalue weighted by Gasteiger charge is 2.33. The molecule has 2 unspecified atom stereocenters. The second kappa shape index (κ2) is 4.57. The van der Waals surface area contributed by atoms with Crippen LogP contribution in [0.5, 0.6) is 0 Å². The van der Waals surface area contributed by atoms with Crippen LogP contribution in [0.15, 0.2) is 18.2 Å². The molecule has 1 saturated carbocycles. The third-order valence-corrected chi connectivity index (χ3v) is 3.62. The maximum Gasteiger partial charge on any atom is 0.337 e. The van der Waals surface area contributed by atoms with Crippen LogP contribution >= 0.6 is 11.6 Å². The summed E-state index contributed by atoms with van der Waals surface area (Å²) in [5.74, 6) is 0.526. The van der Waals surface area contributed by atoms with E-state index in [1.165, 1.54) is 6.42 Å². The quantitative estimate of drug-likeness (QED) is 0.896. The standard InChI is InChI=1S/C13H16ClNO2/c1-8-5-9(8)7-15(2)12-6-10(14)3-4-11(12)13(16)17/h3-4,6,8-9H,5,7H2,1-2H3,(H,16,17). The molecular weight excluding hydrogens is 238 g/mol. The first-order valence-corrected chi connectivity index (χ1v) is 6.11. The van der Waals surface area contributed by atoms with Crippen LogP contribution in [0, 0.1) is 11.8 Å². The molecule has 17 heavy (non-hydrogen) atoms. The predicted octanol–water partition coefficient (Wildman–Crippen LogP) is 3.13. The minimum Gasteiger partial charge on any atom is -0.478 e. The van der Waals surface area contributed by atoms with Gasteiger partial charge in [0.1, 0.15) is 0 Å². The molecule has 0 aliphatic heterocycles. The van der Waals surface area contributed by atoms with Crippen LogP contribution in [0.4, 0.5) is 5.69 Å². The summed E-state index contributed by atoms with van der Waals surface area (Å²) in [7, 11) is 1.92. The zero-order chi connectivity index (χ0) is 12.6. The Labute approximate surface area is 106 Å². The van der Waals surface area contributed by atoms with Crippen LogP contribution in [-0.4, -0.2) is 24.7 Å². The Bertz CT molecular complexity index is 447. The number of carboxylic acids is 1. The monoisotopic (exact) mass is 253 g/mol. The van der Waals surface area contributed by atoms with Gasteiger partial charge in [-0.1, -0.05) is 18.5 Å². The molecule has 3 nitrogen and oxygen atoms in total. The van der Waals surface area contributed by atoms with Gasteiger partial charge >= 0.3 is 5.97 Å². The topological polar surface area (TPSA) is 40.5 Å². The van der Waals surface area contributed by atoms with E-state index in [0.29, 0.717) is 22.2 Å². The van der Waals surface area contributed by atoms with E-state index < -0.39 is 5.97 Å². The third-order valence-electron chi connectivity index (χ3n) is 3.39. The van der Waals surface area contributed by atoms with Crippen LogP contribution in [0.25, 0.3) is 0 Å². The molecule has 0 heterocycles. The summed E-state index contributed by atoms with van der Waals surface area (Å²) in [4.78, 5) is 13.1. The Kier molecular flexibility index (Phi) is 3.29. The van der Waals surface area contributed by atoms with E-state index in [9.17, 15) is 4.79 Å². The molecule has 1 fully saturated rings. The Morgan fingerprint density at radius 1 is 1.59 bits per heavy atom. The van der Waals surface area contributed by atoms with Crippen molar-refractivity contribution in [3.8, 4) is 0 Å². The first-order chi connectivity index (χ1) is 7.99. The Hall–Kier alpha value is -1.22. The van der Waals surface area contributed by atoms with Crippen molar-refractivity contribution in [2.75, 3.05) is 18.5 Å². The number of hydrogen-bond donors (Lipinski definition) is 1. The van der Waals surface area contributed by atoms with Crippen molar-refractivity contribution in [1.29, 1.82) is 0 Å². The van der Waals surface area contributed by atoms with E-state index in [-0.39, 0.29) is 0 Å². The van der Waals surface area contributed by atoms with Gasteiger partial charge in [-0.05, 0) is 36.5 Å². The molecule has 0 bridgehead atoms. The van der Waals surface area contributed by atoms with Crippen LogP contribution < -0.4 is 4.90 Å². The molecule has 92 valence electrons. The van der Waals surface area contributed by atoms with Crippen molar-refractivity contribution in [3.63, 3.8) is 0 Å². The third kappa shape index (κ3) is 2.72. The van der Waals surface area contributed by atoms with E-state index in [1.807, 2.05) is 11.9 Å². The highest BCUT2D eigenvalue weighted by molar-refractivity contribution is 6.31. The van der Waals surface area contributed by atoms with Gasteiger partial charge in [0.2, 0.25) is 0 Å². The lowest BCUT2D eigenvalue weighted by Crippen LogP contribution is -2.22. The fraction of sp³-hybridized carbons (Fsp3) is 0.462. The summed E-state index contributed by atoms with van der Waals surface area (Å²) in [5.41, 5.74) is 1.01. The number of halogens is 1. The van der Waals surface area contributed by atoms with E-state index in [2.05, 4.69) is 6.92 Å². The first-order valence-electron chi connectivity index (χ1n) is 5.73. The summed E-state index contributed by atoms with van der Waals surface area (Å²) in [6.45, 7) is 3.11. The SMILES string of the molecule is CC1CC1CN(C)c1cc(Cl)ccc1C(=O)O. The molecule has 4 heteroatoms. The fourth-order valence-corrected chi connectivity index (χ4v) is 2.27. The zero-order valence-corrected chi connectivity index (χ0v) is 10.7. The lowest BCUT2D eigenvalue weighted by molar-refractivity contribution is 0.0697. The Morgan fingerprint density at radius 3 is 2.76 bits per heavy atom. The summed E-state index contributed by atoms with van der Waals surface area (Å²) in [6, 6.07) is 4.90.